The Balaban J connectivity index is 2.00. The molecule has 0 aliphatic heterocycles. The van der Waals surface area contributed by atoms with Gasteiger partial charge in [0.15, 0.2) is 0 Å². The van der Waals surface area contributed by atoms with Crippen molar-refractivity contribution in [3.63, 3.8) is 0 Å². The summed E-state index contributed by atoms with van der Waals surface area (Å²) in [6.07, 6.45) is 0. The first-order valence-corrected chi connectivity index (χ1v) is 6.19. The van der Waals surface area contributed by atoms with Crippen LogP contribution >= 0.6 is 11.6 Å². The van der Waals surface area contributed by atoms with Crippen molar-refractivity contribution in [1.82, 2.24) is 0 Å². The zero-order valence-electron chi connectivity index (χ0n) is 10.4. The predicted molar refractivity (Wildman–Crippen MR) is 73.0 cm³/mol. The molecule has 0 atom stereocenters. The lowest BCUT2D eigenvalue weighted by Crippen LogP contribution is -1.98. The molecule has 20 heavy (non-hydrogen) atoms. The minimum absolute atomic E-state index is 0.0767. The Morgan fingerprint density at radius 1 is 1.20 bits per heavy atom. The van der Waals surface area contributed by atoms with Gasteiger partial charge in [-0.2, -0.15) is 0 Å². The van der Waals surface area contributed by atoms with Crippen LogP contribution in [0.15, 0.2) is 42.5 Å². The molecule has 0 bridgehead atoms. The topological polar surface area (TPSA) is 52.4 Å². The van der Waals surface area contributed by atoms with Gasteiger partial charge in [-0.1, -0.05) is 35.9 Å². The molecule has 6 heteroatoms. The molecule has 0 unspecified atom stereocenters. The summed E-state index contributed by atoms with van der Waals surface area (Å²) in [5.74, 6) is -0.338. The van der Waals surface area contributed by atoms with Gasteiger partial charge in [0.1, 0.15) is 10.8 Å². The van der Waals surface area contributed by atoms with E-state index >= 15 is 0 Å². The molecule has 0 fully saturated rings. The lowest BCUT2D eigenvalue weighted by atomic mass is 10.2. The largest absolute Gasteiger partial charge is 0.372 e. The smallest absolute Gasteiger partial charge is 0.288 e. The van der Waals surface area contributed by atoms with Crippen LogP contribution in [0.2, 0.25) is 5.02 Å². The second-order valence-electron chi connectivity index (χ2n) is 4.13. The molecule has 0 aliphatic carbocycles. The Labute approximate surface area is 119 Å². The molecule has 4 nitrogen and oxygen atoms in total. The molecule has 2 aromatic carbocycles. The maximum atomic E-state index is 13.4. The molecule has 0 aromatic heterocycles. The van der Waals surface area contributed by atoms with Crippen LogP contribution in [0.1, 0.15) is 11.1 Å². The summed E-state index contributed by atoms with van der Waals surface area (Å²) in [6.45, 7) is 0.245. The normalized spacial score (nSPS) is 10.5. The molecule has 0 radical (unpaired) electrons. The summed E-state index contributed by atoms with van der Waals surface area (Å²) in [4.78, 5) is 10.2. The number of nitro groups is 1. The number of halogens is 2. The van der Waals surface area contributed by atoms with E-state index in [0.29, 0.717) is 11.1 Å². The summed E-state index contributed by atoms with van der Waals surface area (Å²) < 4.78 is 18.7. The molecule has 0 aliphatic rings. The fraction of sp³-hybridized carbons (Fsp3) is 0.143. The van der Waals surface area contributed by atoms with Crippen LogP contribution in [0, 0.1) is 15.9 Å². The second kappa shape index (κ2) is 6.45. The zero-order valence-corrected chi connectivity index (χ0v) is 11.1. The van der Waals surface area contributed by atoms with Crippen LogP contribution in [0.5, 0.6) is 0 Å². The van der Waals surface area contributed by atoms with Crippen molar-refractivity contribution >= 4 is 17.3 Å². The number of ether oxygens (including phenoxy) is 1. The number of nitro benzene ring substituents is 1. The van der Waals surface area contributed by atoms with Crippen molar-refractivity contribution in [2.75, 3.05) is 0 Å². The van der Waals surface area contributed by atoms with Gasteiger partial charge in [-0.25, -0.2) is 4.39 Å². The first-order chi connectivity index (χ1) is 9.58. The van der Waals surface area contributed by atoms with Gasteiger partial charge in [-0.3, -0.25) is 10.1 Å². The fourth-order valence-corrected chi connectivity index (χ4v) is 1.87. The van der Waals surface area contributed by atoms with Crippen LogP contribution in [0.4, 0.5) is 10.1 Å². The quantitative estimate of drug-likeness (QED) is 0.616. The van der Waals surface area contributed by atoms with E-state index in [9.17, 15) is 14.5 Å². The van der Waals surface area contributed by atoms with E-state index in [1.807, 2.05) is 0 Å². The van der Waals surface area contributed by atoms with Gasteiger partial charge in [0.05, 0.1) is 18.1 Å². The van der Waals surface area contributed by atoms with Gasteiger partial charge in [-0.05, 0) is 17.7 Å². The SMILES string of the molecule is O=[N+]([O-])c1cc(COCc2ccccc2F)ccc1Cl. The molecule has 0 heterocycles. The lowest BCUT2D eigenvalue weighted by molar-refractivity contribution is -0.384. The average Bonchev–Trinajstić information content (AvgIpc) is 2.42. The number of benzene rings is 2. The maximum Gasteiger partial charge on any atom is 0.288 e. The molecule has 104 valence electrons. The van der Waals surface area contributed by atoms with Crippen LogP contribution in [-0.2, 0) is 18.0 Å². The number of nitrogens with zero attached hydrogens (tertiary/aromatic N) is 1. The first kappa shape index (κ1) is 14.4. The van der Waals surface area contributed by atoms with Gasteiger partial charge in [0.25, 0.3) is 5.69 Å². The van der Waals surface area contributed by atoms with Gasteiger partial charge < -0.3 is 4.74 Å². The number of hydrogen-bond acceptors (Lipinski definition) is 3. The summed E-state index contributed by atoms with van der Waals surface area (Å²) in [6, 6.07) is 10.7. The third kappa shape index (κ3) is 3.53. The Bertz CT molecular complexity index is 634. The third-order valence-corrected chi connectivity index (χ3v) is 3.01. The minimum Gasteiger partial charge on any atom is -0.372 e. The van der Waals surface area contributed by atoms with Crippen LogP contribution in [-0.4, -0.2) is 4.92 Å². The van der Waals surface area contributed by atoms with Crippen molar-refractivity contribution in [3.8, 4) is 0 Å². The van der Waals surface area contributed by atoms with E-state index in [2.05, 4.69) is 0 Å². The summed E-state index contributed by atoms with van der Waals surface area (Å²) in [7, 11) is 0. The van der Waals surface area contributed by atoms with Crippen molar-refractivity contribution in [2.45, 2.75) is 13.2 Å². The molecule has 0 spiro atoms. The summed E-state index contributed by atoms with van der Waals surface area (Å²) in [5, 5.41) is 10.8. The minimum atomic E-state index is -0.553. The van der Waals surface area contributed by atoms with Gasteiger partial charge in [0.2, 0.25) is 0 Å². The highest BCUT2D eigenvalue weighted by molar-refractivity contribution is 6.32. The third-order valence-electron chi connectivity index (χ3n) is 2.69. The highest BCUT2D eigenvalue weighted by Gasteiger charge is 2.12. The second-order valence-corrected chi connectivity index (χ2v) is 4.53. The Hall–Kier alpha value is -1.98. The van der Waals surface area contributed by atoms with E-state index in [1.165, 1.54) is 18.2 Å². The lowest BCUT2D eigenvalue weighted by Gasteiger charge is -2.06. The standard InChI is InChI=1S/C14H11ClFNO3/c15-12-6-5-10(7-14(12)17(18)19)8-20-9-11-3-1-2-4-13(11)16/h1-7H,8-9H2. The molecule has 0 amide bonds. The molecular formula is C14H11ClFNO3. The Morgan fingerprint density at radius 3 is 2.65 bits per heavy atom. The first-order valence-electron chi connectivity index (χ1n) is 5.82. The number of hydrogen-bond donors (Lipinski definition) is 0. The van der Waals surface area contributed by atoms with Gasteiger partial charge in [-0.15, -0.1) is 0 Å². The highest BCUT2D eigenvalue weighted by Crippen LogP contribution is 2.25. The van der Waals surface area contributed by atoms with E-state index < -0.39 is 4.92 Å². The van der Waals surface area contributed by atoms with Crippen molar-refractivity contribution in [2.24, 2.45) is 0 Å². The molecule has 0 saturated heterocycles. The molecular weight excluding hydrogens is 285 g/mol. The molecule has 0 N–H and O–H groups in total. The Kier molecular flexibility index (Phi) is 4.65. The average molecular weight is 296 g/mol. The fourth-order valence-electron chi connectivity index (χ4n) is 1.68. The predicted octanol–water partition coefficient (Wildman–Crippen LogP) is 4.10. The summed E-state index contributed by atoms with van der Waals surface area (Å²) in [5.41, 5.74) is 0.882. The van der Waals surface area contributed by atoms with Crippen LogP contribution in [0.3, 0.4) is 0 Å². The van der Waals surface area contributed by atoms with Crippen molar-refractivity contribution in [3.05, 3.63) is 74.5 Å². The van der Waals surface area contributed by atoms with E-state index in [1.54, 1.807) is 24.3 Å². The van der Waals surface area contributed by atoms with E-state index in [-0.39, 0.29) is 29.7 Å². The molecule has 0 saturated carbocycles. The van der Waals surface area contributed by atoms with E-state index in [4.69, 9.17) is 16.3 Å². The van der Waals surface area contributed by atoms with Gasteiger partial charge in [0, 0.05) is 11.6 Å². The monoisotopic (exact) mass is 295 g/mol. The van der Waals surface area contributed by atoms with Crippen molar-refractivity contribution < 1.29 is 14.1 Å². The summed E-state index contributed by atoms with van der Waals surface area (Å²) >= 11 is 5.71. The van der Waals surface area contributed by atoms with E-state index in [0.717, 1.165) is 0 Å². The Morgan fingerprint density at radius 2 is 1.95 bits per heavy atom. The van der Waals surface area contributed by atoms with Crippen LogP contribution < -0.4 is 0 Å². The molecule has 2 aromatic rings. The van der Waals surface area contributed by atoms with Crippen molar-refractivity contribution in [1.29, 1.82) is 0 Å². The van der Waals surface area contributed by atoms with Crippen LogP contribution in [0.25, 0.3) is 0 Å². The molecule has 2 rings (SSSR count). The van der Waals surface area contributed by atoms with Gasteiger partial charge >= 0.3 is 0 Å². The number of rotatable bonds is 5. The maximum absolute atomic E-state index is 13.4. The highest BCUT2D eigenvalue weighted by atomic mass is 35.5. The zero-order chi connectivity index (χ0) is 14.5.